The Hall–Kier alpha value is -2.67. The molecule has 7 heteroatoms. The van der Waals surface area contributed by atoms with Crippen LogP contribution in [0.5, 0.6) is 5.75 Å². The van der Waals surface area contributed by atoms with Crippen LogP contribution in [0.2, 0.25) is 0 Å². The Balaban J connectivity index is 1.77. The summed E-state index contributed by atoms with van der Waals surface area (Å²) in [4.78, 5) is 30.9. The Bertz CT molecular complexity index is 900. The van der Waals surface area contributed by atoms with E-state index in [4.69, 9.17) is 9.47 Å². The number of thiophene rings is 1. The maximum absolute atomic E-state index is 12.2. The zero-order valence-corrected chi connectivity index (χ0v) is 13.2. The third-order valence-electron chi connectivity index (χ3n) is 3.11. The summed E-state index contributed by atoms with van der Waals surface area (Å²) < 4.78 is 11.2. The van der Waals surface area contributed by atoms with E-state index in [1.54, 1.807) is 35.7 Å². The number of fused-ring (bicyclic) bond motifs is 1. The van der Waals surface area contributed by atoms with Crippen LogP contribution in [0.3, 0.4) is 0 Å². The van der Waals surface area contributed by atoms with Crippen molar-refractivity contribution in [2.24, 2.45) is 0 Å². The van der Waals surface area contributed by atoms with E-state index in [1.807, 2.05) is 6.92 Å². The average molecular weight is 330 g/mol. The first-order chi connectivity index (χ1) is 11.2. The van der Waals surface area contributed by atoms with Crippen LogP contribution in [0.15, 0.2) is 40.5 Å². The fourth-order valence-corrected chi connectivity index (χ4v) is 2.84. The van der Waals surface area contributed by atoms with Crippen molar-refractivity contribution in [1.29, 1.82) is 0 Å². The summed E-state index contributed by atoms with van der Waals surface area (Å²) in [5, 5.41) is 1.79. The van der Waals surface area contributed by atoms with Crippen molar-refractivity contribution < 1.29 is 14.3 Å². The summed E-state index contributed by atoms with van der Waals surface area (Å²) in [5.41, 5.74) is 0.707. The molecule has 1 N–H and O–H groups in total. The molecule has 0 bridgehead atoms. The summed E-state index contributed by atoms with van der Waals surface area (Å²) in [5.74, 6) is 0.250. The molecule has 0 spiro atoms. The number of aromatic nitrogens is 2. The highest BCUT2D eigenvalue weighted by atomic mass is 32.1. The molecule has 0 radical (unpaired) electrons. The van der Waals surface area contributed by atoms with E-state index in [0.717, 1.165) is 0 Å². The Labute approximate surface area is 135 Å². The van der Waals surface area contributed by atoms with E-state index < -0.39 is 5.97 Å². The topological polar surface area (TPSA) is 81.3 Å². The largest absolute Gasteiger partial charge is 0.493 e. The maximum atomic E-state index is 12.2. The zero-order chi connectivity index (χ0) is 16.2. The first kappa shape index (κ1) is 15.2. The highest BCUT2D eigenvalue weighted by Gasteiger charge is 2.14. The van der Waals surface area contributed by atoms with E-state index in [0.29, 0.717) is 34.0 Å². The Morgan fingerprint density at radius 2 is 2.13 bits per heavy atom. The van der Waals surface area contributed by atoms with Crippen LogP contribution in [-0.4, -0.2) is 22.5 Å². The lowest BCUT2D eigenvalue weighted by atomic mass is 10.2. The Morgan fingerprint density at radius 1 is 1.30 bits per heavy atom. The number of ether oxygens (including phenoxy) is 2. The number of H-pyrrole nitrogens is 1. The van der Waals surface area contributed by atoms with Crippen LogP contribution < -0.4 is 10.3 Å². The molecule has 0 aliphatic carbocycles. The van der Waals surface area contributed by atoms with Gasteiger partial charge in [-0.05, 0) is 30.5 Å². The highest BCUT2D eigenvalue weighted by Crippen LogP contribution is 2.19. The van der Waals surface area contributed by atoms with Gasteiger partial charge in [0.1, 0.15) is 28.4 Å². The molecule has 3 rings (SSSR count). The summed E-state index contributed by atoms with van der Waals surface area (Å²) in [6.45, 7) is 2.18. The third-order valence-corrected chi connectivity index (χ3v) is 4.01. The molecule has 0 saturated heterocycles. The standard InChI is InChI=1S/C16H14N2O4S/c1-2-21-12-6-4-3-5-10(12)16(20)22-9-13-17-11-7-8-23-14(11)15(19)18-13/h3-8H,2,9H2,1H3,(H,17,18,19). The molecular formula is C16H14N2O4S. The summed E-state index contributed by atoms with van der Waals surface area (Å²) in [7, 11) is 0. The predicted molar refractivity (Wildman–Crippen MR) is 87.0 cm³/mol. The van der Waals surface area contributed by atoms with Crippen molar-refractivity contribution in [3.63, 3.8) is 0 Å². The van der Waals surface area contributed by atoms with Crippen LogP contribution in [0, 0.1) is 0 Å². The van der Waals surface area contributed by atoms with Gasteiger partial charge in [-0.15, -0.1) is 11.3 Å². The first-order valence-electron chi connectivity index (χ1n) is 7.04. The van der Waals surface area contributed by atoms with Crippen molar-refractivity contribution in [2.45, 2.75) is 13.5 Å². The van der Waals surface area contributed by atoms with Gasteiger partial charge in [-0.25, -0.2) is 9.78 Å². The fourth-order valence-electron chi connectivity index (χ4n) is 2.12. The van der Waals surface area contributed by atoms with Gasteiger partial charge in [0.15, 0.2) is 0 Å². The van der Waals surface area contributed by atoms with Crippen molar-refractivity contribution >= 4 is 27.5 Å². The van der Waals surface area contributed by atoms with Crippen LogP contribution in [-0.2, 0) is 11.3 Å². The van der Waals surface area contributed by atoms with Gasteiger partial charge in [0.2, 0.25) is 0 Å². The lowest BCUT2D eigenvalue weighted by Crippen LogP contribution is -2.14. The van der Waals surface area contributed by atoms with Crippen LogP contribution in [0.25, 0.3) is 10.2 Å². The van der Waals surface area contributed by atoms with Gasteiger partial charge in [0, 0.05) is 0 Å². The van der Waals surface area contributed by atoms with Crippen molar-refractivity contribution in [3.8, 4) is 5.75 Å². The normalized spacial score (nSPS) is 10.7. The molecule has 6 nitrogen and oxygen atoms in total. The number of carbonyl (C=O) groups is 1. The van der Waals surface area contributed by atoms with Gasteiger partial charge < -0.3 is 14.5 Å². The van der Waals surface area contributed by atoms with Gasteiger partial charge in [-0.2, -0.15) is 0 Å². The van der Waals surface area contributed by atoms with Crippen molar-refractivity contribution in [1.82, 2.24) is 9.97 Å². The summed E-state index contributed by atoms with van der Waals surface area (Å²) in [6, 6.07) is 8.61. The SMILES string of the molecule is CCOc1ccccc1C(=O)OCc1nc2ccsc2c(=O)[nH]1. The molecule has 3 aromatic rings. The van der Waals surface area contributed by atoms with Gasteiger partial charge in [-0.3, -0.25) is 4.79 Å². The minimum atomic E-state index is -0.526. The number of hydrogen-bond acceptors (Lipinski definition) is 6. The molecule has 0 aliphatic heterocycles. The first-order valence-corrected chi connectivity index (χ1v) is 7.92. The lowest BCUT2D eigenvalue weighted by Gasteiger charge is -2.09. The number of aromatic amines is 1. The third kappa shape index (κ3) is 3.24. The minimum Gasteiger partial charge on any atom is -0.493 e. The molecule has 0 fully saturated rings. The van der Waals surface area contributed by atoms with Gasteiger partial charge in [-0.1, -0.05) is 12.1 Å². The second-order valence-electron chi connectivity index (χ2n) is 4.65. The molecule has 1 aromatic carbocycles. The van der Waals surface area contributed by atoms with E-state index in [9.17, 15) is 9.59 Å². The second kappa shape index (κ2) is 6.62. The maximum Gasteiger partial charge on any atom is 0.342 e. The van der Waals surface area contributed by atoms with E-state index in [-0.39, 0.29) is 12.2 Å². The molecule has 23 heavy (non-hydrogen) atoms. The average Bonchev–Trinajstić information content (AvgIpc) is 3.02. The number of nitrogens with one attached hydrogen (secondary N) is 1. The molecule has 0 aliphatic rings. The number of carbonyl (C=O) groups excluding carboxylic acids is 1. The molecule has 0 unspecified atom stereocenters. The summed E-state index contributed by atoms with van der Waals surface area (Å²) >= 11 is 1.32. The number of nitrogens with zero attached hydrogens (tertiary/aromatic N) is 1. The highest BCUT2D eigenvalue weighted by molar-refractivity contribution is 7.17. The van der Waals surface area contributed by atoms with E-state index >= 15 is 0 Å². The number of hydrogen-bond donors (Lipinski definition) is 1. The van der Waals surface area contributed by atoms with Gasteiger partial charge >= 0.3 is 5.97 Å². The van der Waals surface area contributed by atoms with Crippen LogP contribution in [0.1, 0.15) is 23.1 Å². The van der Waals surface area contributed by atoms with Crippen molar-refractivity contribution in [3.05, 3.63) is 57.5 Å². The number of para-hydroxylation sites is 1. The smallest absolute Gasteiger partial charge is 0.342 e. The molecule has 0 saturated carbocycles. The van der Waals surface area contributed by atoms with Gasteiger partial charge in [0.05, 0.1) is 12.1 Å². The molecule has 118 valence electrons. The monoisotopic (exact) mass is 330 g/mol. The second-order valence-corrected chi connectivity index (χ2v) is 5.57. The summed E-state index contributed by atoms with van der Waals surface area (Å²) in [6.07, 6.45) is 0. The van der Waals surface area contributed by atoms with Crippen molar-refractivity contribution in [2.75, 3.05) is 6.61 Å². The van der Waals surface area contributed by atoms with Crippen LogP contribution in [0.4, 0.5) is 0 Å². The minimum absolute atomic E-state index is 0.111. The molecule has 2 heterocycles. The number of esters is 1. The number of benzene rings is 1. The zero-order valence-electron chi connectivity index (χ0n) is 12.4. The fraction of sp³-hybridized carbons (Fsp3) is 0.188. The molecule has 0 amide bonds. The molecule has 2 aromatic heterocycles. The number of rotatable bonds is 5. The van der Waals surface area contributed by atoms with Gasteiger partial charge in [0.25, 0.3) is 5.56 Å². The van der Waals surface area contributed by atoms with Crippen LogP contribution >= 0.6 is 11.3 Å². The Morgan fingerprint density at radius 3 is 2.96 bits per heavy atom. The lowest BCUT2D eigenvalue weighted by molar-refractivity contribution is 0.0458. The van der Waals surface area contributed by atoms with E-state index in [1.165, 1.54) is 11.3 Å². The quantitative estimate of drug-likeness (QED) is 0.728. The predicted octanol–water partition coefficient (Wildman–Crippen LogP) is 2.74. The molecular weight excluding hydrogens is 316 g/mol. The van der Waals surface area contributed by atoms with E-state index in [2.05, 4.69) is 9.97 Å². The Kier molecular flexibility index (Phi) is 4.38. The molecule has 0 atom stereocenters.